The van der Waals surface area contributed by atoms with Crippen molar-refractivity contribution in [1.29, 1.82) is 0 Å². The van der Waals surface area contributed by atoms with Crippen LogP contribution in [-0.4, -0.2) is 6.54 Å². The number of hydrogen-bond acceptors (Lipinski definition) is 1. The highest BCUT2D eigenvalue weighted by atomic mass is 14.5. The Bertz CT molecular complexity index is 276. The Kier molecular flexibility index (Phi) is 4.27. The van der Waals surface area contributed by atoms with Crippen molar-refractivity contribution in [3.05, 3.63) is 47.5 Å². The summed E-state index contributed by atoms with van der Waals surface area (Å²) in [4.78, 5) is 0. The molecule has 1 nitrogen and oxygen atoms in total. The van der Waals surface area contributed by atoms with E-state index in [0.29, 0.717) is 0 Å². The van der Waals surface area contributed by atoms with Crippen molar-refractivity contribution >= 4 is 0 Å². The minimum Gasteiger partial charge on any atom is -0.330 e. The van der Waals surface area contributed by atoms with E-state index < -0.39 is 0 Å². The molecule has 2 N–H and O–H groups in total. The highest BCUT2D eigenvalue weighted by molar-refractivity contribution is 5.23. The summed E-state index contributed by atoms with van der Waals surface area (Å²) in [5, 5.41) is 0. The number of rotatable bonds is 4. The molecule has 1 aromatic rings. The quantitative estimate of drug-likeness (QED) is 0.699. The molecular weight excluding hydrogens is 158 g/mol. The summed E-state index contributed by atoms with van der Waals surface area (Å²) in [5.74, 6) is 0. The average molecular weight is 175 g/mol. The van der Waals surface area contributed by atoms with E-state index in [2.05, 4.69) is 43.3 Å². The Hall–Kier alpha value is -1.08. The Morgan fingerprint density at radius 1 is 1.31 bits per heavy atom. The van der Waals surface area contributed by atoms with Crippen molar-refractivity contribution in [2.24, 2.45) is 5.73 Å². The largest absolute Gasteiger partial charge is 0.330 e. The SMILES string of the molecule is Cc1cccc(CC=CCCN)c1. The van der Waals surface area contributed by atoms with Gasteiger partial charge in [-0.25, -0.2) is 0 Å². The zero-order valence-electron chi connectivity index (χ0n) is 8.16. The summed E-state index contributed by atoms with van der Waals surface area (Å²) in [7, 11) is 0. The molecule has 0 aliphatic heterocycles. The third-order valence-corrected chi connectivity index (χ3v) is 1.94. The molecule has 0 aromatic heterocycles. The maximum absolute atomic E-state index is 5.38. The Labute approximate surface area is 80.3 Å². The van der Waals surface area contributed by atoms with E-state index in [1.165, 1.54) is 11.1 Å². The van der Waals surface area contributed by atoms with Gasteiger partial charge in [0.1, 0.15) is 0 Å². The van der Waals surface area contributed by atoms with E-state index >= 15 is 0 Å². The first kappa shape index (κ1) is 10.0. The molecular formula is C12H17N. The second kappa shape index (κ2) is 5.55. The molecule has 0 amide bonds. The van der Waals surface area contributed by atoms with Gasteiger partial charge in [-0.05, 0) is 31.9 Å². The zero-order valence-corrected chi connectivity index (χ0v) is 8.16. The molecule has 1 heteroatoms. The lowest BCUT2D eigenvalue weighted by Crippen LogP contribution is -1.95. The topological polar surface area (TPSA) is 26.0 Å². The fraction of sp³-hybridized carbons (Fsp3) is 0.333. The first-order valence-corrected chi connectivity index (χ1v) is 4.73. The summed E-state index contributed by atoms with van der Waals surface area (Å²) in [6.45, 7) is 2.86. The van der Waals surface area contributed by atoms with Gasteiger partial charge in [-0.15, -0.1) is 0 Å². The van der Waals surface area contributed by atoms with Crippen molar-refractivity contribution < 1.29 is 0 Å². The van der Waals surface area contributed by atoms with Gasteiger partial charge in [-0.1, -0.05) is 42.0 Å². The van der Waals surface area contributed by atoms with E-state index in [1.54, 1.807) is 0 Å². The first-order valence-electron chi connectivity index (χ1n) is 4.73. The summed E-state index contributed by atoms with van der Waals surface area (Å²) in [6, 6.07) is 8.58. The third-order valence-electron chi connectivity index (χ3n) is 1.94. The van der Waals surface area contributed by atoms with Gasteiger partial charge in [0.25, 0.3) is 0 Å². The predicted molar refractivity (Wildman–Crippen MR) is 57.7 cm³/mol. The van der Waals surface area contributed by atoms with Crippen LogP contribution in [0.3, 0.4) is 0 Å². The van der Waals surface area contributed by atoms with Crippen molar-refractivity contribution in [2.45, 2.75) is 19.8 Å². The second-order valence-corrected chi connectivity index (χ2v) is 3.24. The summed E-state index contributed by atoms with van der Waals surface area (Å²) in [6.07, 6.45) is 6.32. The number of aryl methyl sites for hydroxylation is 1. The van der Waals surface area contributed by atoms with Crippen LogP contribution in [0.5, 0.6) is 0 Å². The maximum Gasteiger partial charge on any atom is -0.00426 e. The normalized spacial score (nSPS) is 10.9. The van der Waals surface area contributed by atoms with Crippen molar-refractivity contribution in [3.63, 3.8) is 0 Å². The Balaban J connectivity index is 2.45. The van der Waals surface area contributed by atoms with Crippen LogP contribution in [0.1, 0.15) is 17.5 Å². The van der Waals surface area contributed by atoms with Crippen LogP contribution >= 0.6 is 0 Å². The Morgan fingerprint density at radius 2 is 2.15 bits per heavy atom. The average Bonchev–Trinajstić information content (AvgIpc) is 2.13. The molecule has 70 valence electrons. The smallest absolute Gasteiger partial charge is 0.00426 e. The molecule has 0 radical (unpaired) electrons. The van der Waals surface area contributed by atoms with Crippen LogP contribution in [0, 0.1) is 6.92 Å². The van der Waals surface area contributed by atoms with E-state index in [4.69, 9.17) is 5.73 Å². The van der Waals surface area contributed by atoms with E-state index in [-0.39, 0.29) is 0 Å². The summed E-state index contributed by atoms with van der Waals surface area (Å²) >= 11 is 0. The highest BCUT2D eigenvalue weighted by Gasteiger charge is 1.88. The first-order chi connectivity index (χ1) is 6.33. The molecule has 0 aliphatic rings. The van der Waals surface area contributed by atoms with E-state index in [9.17, 15) is 0 Å². The molecule has 1 rings (SSSR count). The lowest BCUT2D eigenvalue weighted by Gasteiger charge is -1.97. The minimum absolute atomic E-state index is 0.740. The third kappa shape index (κ3) is 3.90. The number of hydrogen-bond donors (Lipinski definition) is 1. The van der Waals surface area contributed by atoms with Crippen LogP contribution in [-0.2, 0) is 6.42 Å². The minimum atomic E-state index is 0.740. The van der Waals surface area contributed by atoms with Crippen LogP contribution < -0.4 is 5.73 Å². The Morgan fingerprint density at radius 3 is 2.85 bits per heavy atom. The lowest BCUT2D eigenvalue weighted by molar-refractivity contribution is 1.00. The van der Waals surface area contributed by atoms with E-state index in [0.717, 1.165) is 19.4 Å². The molecule has 13 heavy (non-hydrogen) atoms. The summed E-state index contributed by atoms with van der Waals surface area (Å²) in [5.41, 5.74) is 8.07. The van der Waals surface area contributed by atoms with E-state index in [1.807, 2.05) is 0 Å². The second-order valence-electron chi connectivity index (χ2n) is 3.24. The van der Waals surface area contributed by atoms with Gasteiger partial charge in [0.2, 0.25) is 0 Å². The van der Waals surface area contributed by atoms with Gasteiger partial charge in [0.05, 0.1) is 0 Å². The highest BCUT2D eigenvalue weighted by Crippen LogP contribution is 2.05. The monoisotopic (exact) mass is 175 g/mol. The molecule has 0 aliphatic carbocycles. The van der Waals surface area contributed by atoms with Crippen molar-refractivity contribution in [2.75, 3.05) is 6.54 Å². The summed E-state index contributed by atoms with van der Waals surface area (Å²) < 4.78 is 0. The molecule has 0 unspecified atom stereocenters. The molecule has 0 fully saturated rings. The number of allylic oxidation sites excluding steroid dienone is 1. The van der Waals surface area contributed by atoms with Gasteiger partial charge >= 0.3 is 0 Å². The van der Waals surface area contributed by atoms with Gasteiger partial charge in [0.15, 0.2) is 0 Å². The van der Waals surface area contributed by atoms with Crippen LogP contribution in [0.4, 0.5) is 0 Å². The zero-order chi connectivity index (χ0) is 9.52. The van der Waals surface area contributed by atoms with Crippen LogP contribution in [0.2, 0.25) is 0 Å². The molecule has 0 heterocycles. The molecule has 0 bridgehead atoms. The van der Waals surface area contributed by atoms with Crippen LogP contribution in [0.15, 0.2) is 36.4 Å². The van der Waals surface area contributed by atoms with Crippen molar-refractivity contribution in [3.8, 4) is 0 Å². The standard InChI is InChI=1S/C12H17N/c1-11-6-5-8-12(10-11)7-3-2-4-9-13/h2-3,5-6,8,10H,4,7,9,13H2,1H3. The molecule has 1 aromatic carbocycles. The fourth-order valence-electron chi connectivity index (χ4n) is 1.27. The maximum atomic E-state index is 5.38. The van der Waals surface area contributed by atoms with Crippen LogP contribution in [0.25, 0.3) is 0 Å². The van der Waals surface area contributed by atoms with Gasteiger partial charge in [-0.2, -0.15) is 0 Å². The van der Waals surface area contributed by atoms with Gasteiger partial charge in [0, 0.05) is 0 Å². The van der Waals surface area contributed by atoms with Gasteiger partial charge in [-0.3, -0.25) is 0 Å². The molecule has 0 atom stereocenters. The molecule has 0 saturated heterocycles. The lowest BCUT2D eigenvalue weighted by atomic mass is 10.1. The van der Waals surface area contributed by atoms with Gasteiger partial charge < -0.3 is 5.73 Å². The number of benzene rings is 1. The van der Waals surface area contributed by atoms with Crippen molar-refractivity contribution in [1.82, 2.24) is 0 Å². The molecule has 0 saturated carbocycles. The predicted octanol–water partition coefficient (Wildman–Crippen LogP) is 2.44. The number of nitrogens with two attached hydrogens (primary N) is 1. The fourth-order valence-corrected chi connectivity index (χ4v) is 1.27. The molecule has 0 spiro atoms.